The number of nitrogens with zero attached hydrogens (tertiary/aromatic N) is 3. The second kappa shape index (κ2) is 6.02. The third-order valence-electron chi connectivity index (χ3n) is 2.72. The summed E-state index contributed by atoms with van der Waals surface area (Å²) in [6.07, 6.45) is 1.79. The van der Waals surface area contributed by atoms with Crippen LogP contribution in [-0.2, 0) is 6.54 Å². The second-order valence-corrected chi connectivity index (χ2v) is 5.14. The van der Waals surface area contributed by atoms with E-state index in [1.807, 2.05) is 24.3 Å². The number of rotatable bonds is 3. The SMILES string of the molecule is CC(Cl)=CCn1c(O)c(N=NC(N)=S)c2ccccc21. The lowest BCUT2D eigenvalue weighted by Crippen LogP contribution is -2.01. The standard InChI is InChI=1S/C13H13ClN4OS/c1-8(14)6-7-18-10-5-3-2-4-9(10)11(12(18)19)16-17-13(15)20/h2-6,19H,7H2,1H3,(H2,15,20). The molecule has 3 N–H and O–H groups in total. The molecule has 1 aromatic heterocycles. The van der Waals surface area contributed by atoms with Gasteiger partial charge in [0.15, 0.2) is 5.69 Å². The number of thiocarbonyl (C=S) groups is 1. The van der Waals surface area contributed by atoms with E-state index in [1.165, 1.54) is 0 Å². The molecule has 0 amide bonds. The summed E-state index contributed by atoms with van der Waals surface area (Å²) in [6.45, 7) is 2.21. The van der Waals surface area contributed by atoms with E-state index < -0.39 is 0 Å². The third kappa shape index (κ3) is 2.97. The summed E-state index contributed by atoms with van der Waals surface area (Å²) in [7, 11) is 0. The van der Waals surface area contributed by atoms with Crippen molar-refractivity contribution in [3.63, 3.8) is 0 Å². The molecule has 0 atom stereocenters. The Kier molecular flexibility index (Phi) is 4.36. The van der Waals surface area contributed by atoms with Crippen LogP contribution >= 0.6 is 23.8 Å². The Morgan fingerprint density at radius 1 is 1.50 bits per heavy atom. The molecule has 1 heterocycles. The van der Waals surface area contributed by atoms with Crippen LogP contribution in [0.2, 0.25) is 0 Å². The first-order valence-corrected chi connectivity index (χ1v) is 6.63. The average Bonchev–Trinajstić information content (AvgIpc) is 2.66. The van der Waals surface area contributed by atoms with Crippen LogP contribution < -0.4 is 5.73 Å². The zero-order valence-electron chi connectivity index (χ0n) is 10.7. The van der Waals surface area contributed by atoms with Gasteiger partial charge in [0.2, 0.25) is 11.0 Å². The van der Waals surface area contributed by atoms with E-state index in [4.69, 9.17) is 17.3 Å². The fraction of sp³-hybridized carbons (Fsp3) is 0.154. The van der Waals surface area contributed by atoms with E-state index in [2.05, 4.69) is 22.4 Å². The summed E-state index contributed by atoms with van der Waals surface area (Å²) >= 11 is 10.5. The number of allylic oxidation sites excluding steroid dienone is 2. The number of hydrogen-bond acceptors (Lipinski definition) is 3. The molecule has 0 fully saturated rings. The molecule has 0 aliphatic carbocycles. The summed E-state index contributed by atoms with van der Waals surface area (Å²) < 4.78 is 1.69. The Morgan fingerprint density at radius 3 is 2.85 bits per heavy atom. The number of fused-ring (bicyclic) bond motifs is 1. The molecule has 0 aliphatic rings. The minimum Gasteiger partial charge on any atom is -0.493 e. The first kappa shape index (κ1) is 14.5. The molecule has 5 nitrogen and oxygen atoms in total. The van der Waals surface area contributed by atoms with Gasteiger partial charge < -0.3 is 15.4 Å². The van der Waals surface area contributed by atoms with Crippen molar-refractivity contribution in [2.24, 2.45) is 16.0 Å². The van der Waals surface area contributed by atoms with Crippen LogP contribution in [0, 0.1) is 0 Å². The maximum Gasteiger partial charge on any atom is 0.221 e. The number of aromatic nitrogens is 1. The molecule has 0 aliphatic heterocycles. The number of azo groups is 1. The average molecular weight is 309 g/mol. The van der Waals surface area contributed by atoms with Gasteiger partial charge in [0, 0.05) is 17.0 Å². The highest BCUT2D eigenvalue weighted by atomic mass is 35.5. The van der Waals surface area contributed by atoms with Crippen LogP contribution in [0.1, 0.15) is 6.92 Å². The first-order valence-electron chi connectivity index (χ1n) is 5.84. The van der Waals surface area contributed by atoms with E-state index >= 15 is 0 Å². The molecule has 2 rings (SSSR count). The predicted octanol–water partition coefficient (Wildman–Crippen LogP) is 3.82. The smallest absolute Gasteiger partial charge is 0.221 e. The largest absolute Gasteiger partial charge is 0.493 e. The van der Waals surface area contributed by atoms with Crippen molar-refractivity contribution in [2.75, 3.05) is 0 Å². The molecule has 0 radical (unpaired) electrons. The number of aromatic hydroxyl groups is 1. The van der Waals surface area contributed by atoms with Crippen LogP contribution in [0.3, 0.4) is 0 Å². The molecule has 1 aromatic carbocycles. The van der Waals surface area contributed by atoms with Crippen molar-refractivity contribution in [1.82, 2.24) is 4.57 Å². The zero-order chi connectivity index (χ0) is 14.7. The van der Waals surface area contributed by atoms with Gasteiger partial charge in [-0.3, -0.25) is 0 Å². The van der Waals surface area contributed by atoms with Gasteiger partial charge in [-0.1, -0.05) is 35.9 Å². The number of benzene rings is 1. The van der Waals surface area contributed by atoms with Gasteiger partial charge in [-0.15, -0.1) is 10.2 Å². The van der Waals surface area contributed by atoms with Gasteiger partial charge in [0.25, 0.3) is 0 Å². The Bertz CT molecular complexity index is 716. The van der Waals surface area contributed by atoms with Gasteiger partial charge in [-0.2, -0.15) is 0 Å². The minimum atomic E-state index is -0.0854. The van der Waals surface area contributed by atoms with Crippen molar-refractivity contribution < 1.29 is 5.11 Å². The molecule has 0 spiro atoms. The maximum atomic E-state index is 10.3. The maximum absolute atomic E-state index is 10.3. The third-order valence-corrected chi connectivity index (χ3v) is 2.96. The fourth-order valence-electron chi connectivity index (χ4n) is 1.87. The molecular weight excluding hydrogens is 296 g/mol. The molecule has 0 saturated heterocycles. The zero-order valence-corrected chi connectivity index (χ0v) is 12.3. The van der Waals surface area contributed by atoms with E-state index in [9.17, 15) is 5.11 Å². The van der Waals surface area contributed by atoms with Gasteiger partial charge in [0.1, 0.15) is 0 Å². The van der Waals surface area contributed by atoms with E-state index in [1.54, 1.807) is 17.6 Å². The van der Waals surface area contributed by atoms with Gasteiger partial charge in [0.05, 0.1) is 5.52 Å². The Hall–Kier alpha value is -1.92. The summed E-state index contributed by atoms with van der Waals surface area (Å²) in [5, 5.41) is 19.2. The lowest BCUT2D eigenvalue weighted by Gasteiger charge is -2.03. The second-order valence-electron chi connectivity index (χ2n) is 4.13. The number of para-hydroxylation sites is 1. The fourth-order valence-corrected chi connectivity index (χ4v) is 1.98. The molecule has 0 unspecified atom stereocenters. The molecular formula is C13H13ClN4OS. The van der Waals surface area contributed by atoms with Crippen LogP contribution in [0.4, 0.5) is 5.69 Å². The normalized spacial score (nSPS) is 12.4. The van der Waals surface area contributed by atoms with Crippen LogP contribution in [0.5, 0.6) is 5.88 Å². The number of hydrogen-bond donors (Lipinski definition) is 2. The van der Waals surface area contributed by atoms with E-state index in [0.29, 0.717) is 17.3 Å². The van der Waals surface area contributed by atoms with Crippen molar-refractivity contribution >= 4 is 45.5 Å². The topological polar surface area (TPSA) is 75.9 Å². The van der Waals surface area contributed by atoms with E-state index in [0.717, 1.165) is 10.9 Å². The highest BCUT2D eigenvalue weighted by molar-refractivity contribution is 7.80. The van der Waals surface area contributed by atoms with Gasteiger partial charge >= 0.3 is 0 Å². The van der Waals surface area contributed by atoms with Crippen LogP contribution in [-0.4, -0.2) is 14.8 Å². The number of halogens is 1. The highest BCUT2D eigenvalue weighted by Gasteiger charge is 2.15. The van der Waals surface area contributed by atoms with Crippen molar-refractivity contribution in [2.45, 2.75) is 13.5 Å². The Labute approximate surface area is 126 Å². The van der Waals surface area contributed by atoms with E-state index in [-0.39, 0.29) is 11.0 Å². The van der Waals surface area contributed by atoms with Crippen LogP contribution in [0.25, 0.3) is 10.9 Å². The molecule has 2 aromatic rings. The first-order chi connectivity index (χ1) is 9.50. The van der Waals surface area contributed by atoms with Crippen molar-refractivity contribution in [1.29, 1.82) is 0 Å². The lowest BCUT2D eigenvalue weighted by atomic mass is 10.2. The lowest BCUT2D eigenvalue weighted by molar-refractivity contribution is 0.431. The van der Waals surface area contributed by atoms with Crippen LogP contribution in [0.15, 0.2) is 45.6 Å². The quantitative estimate of drug-likeness (QED) is 0.668. The van der Waals surface area contributed by atoms with Gasteiger partial charge in [-0.25, -0.2) is 0 Å². The predicted molar refractivity (Wildman–Crippen MR) is 84.5 cm³/mol. The Balaban J connectivity index is 2.61. The summed E-state index contributed by atoms with van der Waals surface area (Å²) in [5.41, 5.74) is 6.47. The molecule has 0 bridgehead atoms. The minimum absolute atomic E-state index is 0.000340. The molecule has 7 heteroatoms. The molecule has 20 heavy (non-hydrogen) atoms. The molecule has 104 valence electrons. The summed E-state index contributed by atoms with van der Waals surface area (Å²) in [4.78, 5) is 0. The monoisotopic (exact) mass is 308 g/mol. The van der Waals surface area contributed by atoms with Crippen molar-refractivity contribution in [3.05, 3.63) is 35.4 Å². The summed E-state index contributed by atoms with van der Waals surface area (Å²) in [5.74, 6) is 0.000340. The van der Waals surface area contributed by atoms with Crippen molar-refractivity contribution in [3.8, 4) is 5.88 Å². The Morgan fingerprint density at radius 2 is 2.20 bits per heavy atom. The highest BCUT2D eigenvalue weighted by Crippen LogP contribution is 2.38. The number of nitrogens with two attached hydrogens (primary N) is 1. The molecule has 0 saturated carbocycles. The van der Waals surface area contributed by atoms with Gasteiger partial charge in [-0.05, 0) is 25.2 Å². The summed E-state index contributed by atoms with van der Waals surface area (Å²) in [6, 6.07) is 7.46.